The highest BCUT2D eigenvalue weighted by Gasteiger charge is 2.16. The first-order chi connectivity index (χ1) is 10.2. The topological polar surface area (TPSA) is 60.6 Å². The fourth-order valence-corrected chi connectivity index (χ4v) is 2.66. The molecule has 0 aromatic carbocycles. The average molecular weight is 290 g/mol. The molecule has 0 saturated heterocycles. The minimum absolute atomic E-state index is 0.691. The van der Waals surface area contributed by atoms with Gasteiger partial charge >= 0.3 is 0 Å². The van der Waals surface area contributed by atoms with Crippen LogP contribution in [0.1, 0.15) is 50.5 Å². The Morgan fingerprint density at radius 2 is 1.90 bits per heavy atom. The van der Waals surface area contributed by atoms with E-state index < -0.39 is 0 Å². The van der Waals surface area contributed by atoms with E-state index in [1.54, 1.807) is 6.33 Å². The van der Waals surface area contributed by atoms with Crippen molar-refractivity contribution in [2.45, 2.75) is 60.2 Å². The van der Waals surface area contributed by atoms with E-state index in [9.17, 15) is 0 Å². The van der Waals surface area contributed by atoms with Gasteiger partial charge in [0.25, 0.3) is 0 Å². The number of hydrogen-bond acceptors (Lipinski definition) is 4. The van der Waals surface area contributed by atoms with Crippen molar-refractivity contribution >= 4 is 0 Å². The molecule has 1 N–H and O–H groups in total. The standard InChI is InChI=1S/C15H26N6/c1-5-13-12(9-16-7-3)14(6-2)21(19-13)10-15-17-11-18-20(15)8-4/h11,16H,5-10H2,1-4H3. The van der Waals surface area contributed by atoms with Crippen molar-refractivity contribution in [3.63, 3.8) is 0 Å². The maximum atomic E-state index is 4.80. The summed E-state index contributed by atoms with van der Waals surface area (Å²) in [6.07, 6.45) is 3.56. The van der Waals surface area contributed by atoms with Gasteiger partial charge < -0.3 is 5.32 Å². The number of hydrogen-bond donors (Lipinski definition) is 1. The van der Waals surface area contributed by atoms with Gasteiger partial charge in [-0.1, -0.05) is 20.8 Å². The van der Waals surface area contributed by atoms with Gasteiger partial charge in [0.05, 0.1) is 5.69 Å². The van der Waals surface area contributed by atoms with Crippen molar-refractivity contribution in [2.75, 3.05) is 6.54 Å². The van der Waals surface area contributed by atoms with E-state index in [0.29, 0.717) is 6.54 Å². The first-order valence-corrected chi connectivity index (χ1v) is 7.89. The number of nitrogens with zero attached hydrogens (tertiary/aromatic N) is 5. The van der Waals surface area contributed by atoms with E-state index in [-0.39, 0.29) is 0 Å². The monoisotopic (exact) mass is 290 g/mol. The quantitative estimate of drug-likeness (QED) is 0.805. The zero-order valence-corrected chi connectivity index (χ0v) is 13.6. The molecule has 2 rings (SSSR count). The van der Waals surface area contributed by atoms with Crippen LogP contribution < -0.4 is 5.32 Å². The molecular weight excluding hydrogens is 264 g/mol. The fourth-order valence-electron chi connectivity index (χ4n) is 2.66. The maximum absolute atomic E-state index is 4.80. The first kappa shape index (κ1) is 15.7. The molecule has 0 fully saturated rings. The Balaban J connectivity index is 2.32. The second-order valence-electron chi connectivity index (χ2n) is 5.01. The molecule has 0 saturated carbocycles. The van der Waals surface area contributed by atoms with Crippen LogP contribution in [0.15, 0.2) is 6.33 Å². The maximum Gasteiger partial charge on any atom is 0.148 e. The van der Waals surface area contributed by atoms with Crippen LogP contribution in [0.25, 0.3) is 0 Å². The van der Waals surface area contributed by atoms with Crippen molar-refractivity contribution in [3.8, 4) is 0 Å². The van der Waals surface area contributed by atoms with Crippen LogP contribution in [0.5, 0.6) is 0 Å². The molecule has 2 aromatic heterocycles. The Labute approximate surface area is 126 Å². The van der Waals surface area contributed by atoms with Crippen LogP contribution in [0.3, 0.4) is 0 Å². The second kappa shape index (κ2) is 7.36. The SMILES string of the molecule is CCNCc1c(CC)nn(Cc2ncnn2CC)c1CC. The molecule has 116 valence electrons. The van der Waals surface area contributed by atoms with Gasteiger partial charge in [-0.15, -0.1) is 0 Å². The van der Waals surface area contributed by atoms with E-state index in [1.807, 2.05) is 4.68 Å². The number of aromatic nitrogens is 5. The summed E-state index contributed by atoms with van der Waals surface area (Å²) in [6.45, 7) is 12.0. The molecule has 0 unspecified atom stereocenters. The molecule has 0 atom stereocenters. The van der Waals surface area contributed by atoms with Gasteiger partial charge in [0.2, 0.25) is 0 Å². The molecular formula is C15H26N6. The molecule has 0 bridgehead atoms. The van der Waals surface area contributed by atoms with E-state index in [4.69, 9.17) is 5.10 Å². The van der Waals surface area contributed by atoms with E-state index in [2.05, 4.69) is 47.8 Å². The lowest BCUT2D eigenvalue weighted by atomic mass is 10.1. The fraction of sp³-hybridized carbons (Fsp3) is 0.667. The summed E-state index contributed by atoms with van der Waals surface area (Å²) < 4.78 is 4.03. The third-order valence-electron chi connectivity index (χ3n) is 3.76. The Morgan fingerprint density at radius 3 is 2.52 bits per heavy atom. The highest BCUT2D eigenvalue weighted by Crippen LogP contribution is 2.17. The summed E-state index contributed by atoms with van der Waals surface area (Å²) in [5.41, 5.74) is 3.85. The lowest BCUT2D eigenvalue weighted by Crippen LogP contribution is -2.15. The Hall–Kier alpha value is -1.69. The summed E-state index contributed by atoms with van der Waals surface area (Å²) in [7, 11) is 0. The van der Waals surface area contributed by atoms with Gasteiger partial charge in [-0.3, -0.25) is 4.68 Å². The number of rotatable bonds is 8. The van der Waals surface area contributed by atoms with Crippen LogP contribution in [0, 0.1) is 0 Å². The molecule has 0 amide bonds. The van der Waals surface area contributed by atoms with Gasteiger partial charge in [-0.05, 0) is 26.3 Å². The Morgan fingerprint density at radius 1 is 1.10 bits per heavy atom. The van der Waals surface area contributed by atoms with Crippen molar-refractivity contribution < 1.29 is 0 Å². The lowest BCUT2D eigenvalue weighted by molar-refractivity contribution is 0.552. The summed E-state index contributed by atoms with van der Waals surface area (Å²) in [6, 6.07) is 0. The third kappa shape index (κ3) is 3.32. The van der Waals surface area contributed by atoms with Crippen LogP contribution in [-0.4, -0.2) is 31.1 Å². The van der Waals surface area contributed by atoms with Gasteiger partial charge in [0.1, 0.15) is 18.7 Å². The molecule has 6 heteroatoms. The van der Waals surface area contributed by atoms with Gasteiger partial charge in [-0.2, -0.15) is 10.2 Å². The minimum atomic E-state index is 0.691. The molecule has 0 radical (unpaired) electrons. The zero-order valence-electron chi connectivity index (χ0n) is 13.6. The Bertz CT molecular complexity index is 569. The molecule has 2 heterocycles. The van der Waals surface area contributed by atoms with Gasteiger partial charge in [0.15, 0.2) is 0 Å². The van der Waals surface area contributed by atoms with Crippen molar-refractivity contribution in [3.05, 3.63) is 29.1 Å². The summed E-state index contributed by atoms with van der Waals surface area (Å²) in [5, 5.41) is 12.5. The second-order valence-corrected chi connectivity index (χ2v) is 5.01. The molecule has 21 heavy (non-hydrogen) atoms. The summed E-state index contributed by atoms with van der Waals surface area (Å²) in [5.74, 6) is 0.965. The normalized spacial score (nSPS) is 11.2. The summed E-state index contributed by atoms with van der Waals surface area (Å²) >= 11 is 0. The molecule has 0 aliphatic heterocycles. The first-order valence-electron chi connectivity index (χ1n) is 7.89. The van der Waals surface area contributed by atoms with E-state index in [1.165, 1.54) is 17.0 Å². The van der Waals surface area contributed by atoms with E-state index in [0.717, 1.165) is 38.3 Å². The average Bonchev–Trinajstić information content (AvgIpc) is 3.08. The molecule has 0 aliphatic carbocycles. The highest BCUT2D eigenvalue weighted by molar-refractivity contribution is 5.27. The van der Waals surface area contributed by atoms with Crippen molar-refractivity contribution in [2.24, 2.45) is 0 Å². The van der Waals surface area contributed by atoms with Gasteiger partial charge in [0, 0.05) is 24.3 Å². The molecule has 6 nitrogen and oxygen atoms in total. The van der Waals surface area contributed by atoms with Crippen molar-refractivity contribution in [1.29, 1.82) is 0 Å². The van der Waals surface area contributed by atoms with Crippen LogP contribution >= 0.6 is 0 Å². The third-order valence-corrected chi connectivity index (χ3v) is 3.76. The predicted molar refractivity (Wildman–Crippen MR) is 83.2 cm³/mol. The number of aryl methyl sites for hydroxylation is 2. The lowest BCUT2D eigenvalue weighted by Gasteiger charge is -2.08. The Kier molecular flexibility index (Phi) is 5.50. The molecule has 0 spiro atoms. The number of nitrogens with one attached hydrogen (secondary N) is 1. The van der Waals surface area contributed by atoms with E-state index >= 15 is 0 Å². The highest BCUT2D eigenvalue weighted by atomic mass is 15.4. The van der Waals surface area contributed by atoms with Crippen LogP contribution in [0.4, 0.5) is 0 Å². The van der Waals surface area contributed by atoms with Crippen molar-refractivity contribution in [1.82, 2.24) is 29.9 Å². The predicted octanol–water partition coefficient (Wildman–Crippen LogP) is 1.78. The molecule has 2 aromatic rings. The van der Waals surface area contributed by atoms with Crippen LogP contribution in [0.2, 0.25) is 0 Å². The minimum Gasteiger partial charge on any atom is -0.313 e. The van der Waals surface area contributed by atoms with Gasteiger partial charge in [-0.25, -0.2) is 9.67 Å². The molecule has 0 aliphatic rings. The largest absolute Gasteiger partial charge is 0.313 e. The summed E-state index contributed by atoms with van der Waals surface area (Å²) in [4.78, 5) is 4.36. The van der Waals surface area contributed by atoms with Crippen LogP contribution in [-0.2, 0) is 32.5 Å². The zero-order chi connectivity index (χ0) is 15.2. The smallest absolute Gasteiger partial charge is 0.148 e.